The molecule has 0 fully saturated rings. The fraction of sp³-hybridized carbons (Fsp3) is 0.118. The Labute approximate surface area is 145 Å². The Balaban J connectivity index is 1.67. The van der Waals surface area contributed by atoms with Gasteiger partial charge in [-0.15, -0.1) is 0 Å². The van der Waals surface area contributed by atoms with Crippen LogP contribution in [-0.4, -0.2) is 30.0 Å². The van der Waals surface area contributed by atoms with Crippen LogP contribution in [0.15, 0.2) is 52.4 Å². The summed E-state index contributed by atoms with van der Waals surface area (Å²) < 4.78 is 2.35. The first kappa shape index (κ1) is 15.8. The molecule has 130 valence electrons. The van der Waals surface area contributed by atoms with Gasteiger partial charge < -0.3 is 9.88 Å². The molecule has 2 N–H and O–H groups in total. The molecule has 0 saturated heterocycles. The number of benzene rings is 1. The summed E-state index contributed by atoms with van der Waals surface area (Å²) in [4.78, 5) is 47.1. The average molecular weight is 350 g/mol. The zero-order valence-electron chi connectivity index (χ0n) is 13.8. The lowest BCUT2D eigenvalue weighted by Crippen LogP contribution is -2.33. The standard InChI is InChI=1S/C17H14N6O3/c1-22-16(25)14-15(21-17(22)26)19-9-23(14)8-13(24)20-12-6-2-5-11-10(12)4-3-7-18-11/h2-7,9H,8H2,1H3,(H,20,24)(H,21,26). The van der Waals surface area contributed by atoms with E-state index >= 15 is 0 Å². The number of nitrogens with one attached hydrogen (secondary N) is 2. The highest BCUT2D eigenvalue weighted by atomic mass is 16.2. The van der Waals surface area contributed by atoms with E-state index in [1.54, 1.807) is 24.4 Å². The van der Waals surface area contributed by atoms with Crippen LogP contribution < -0.4 is 16.6 Å². The van der Waals surface area contributed by atoms with Crippen molar-refractivity contribution in [2.75, 3.05) is 5.32 Å². The lowest BCUT2D eigenvalue weighted by molar-refractivity contribution is -0.116. The molecular formula is C17H14N6O3. The molecule has 0 atom stereocenters. The maximum Gasteiger partial charge on any atom is 0.329 e. The second-order valence-electron chi connectivity index (χ2n) is 5.79. The van der Waals surface area contributed by atoms with E-state index in [1.807, 2.05) is 12.1 Å². The minimum atomic E-state index is -0.555. The third-order valence-corrected chi connectivity index (χ3v) is 4.11. The van der Waals surface area contributed by atoms with E-state index in [1.165, 1.54) is 17.9 Å². The first-order valence-corrected chi connectivity index (χ1v) is 7.82. The Morgan fingerprint density at radius 2 is 2.04 bits per heavy atom. The number of amides is 1. The van der Waals surface area contributed by atoms with Gasteiger partial charge in [0.1, 0.15) is 6.54 Å². The summed E-state index contributed by atoms with van der Waals surface area (Å²) in [5.74, 6) is -0.325. The summed E-state index contributed by atoms with van der Waals surface area (Å²) in [5, 5.41) is 3.64. The van der Waals surface area contributed by atoms with Crippen molar-refractivity contribution in [3.8, 4) is 0 Å². The van der Waals surface area contributed by atoms with Crippen molar-refractivity contribution in [3.63, 3.8) is 0 Å². The molecule has 1 amide bonds. The highest BCUT2D eigenvalue weighted by Gasteiger charge is 2.14. The van der Waals surface area contributed by atoms with Gasteiger partial charge in [0, 0.05) is 18.6 Å². The molecule has 0 spiro atoms. The van der Waals surface area contributed by atoms with Gasteiger partial charge in [-0.1, -0.05) is 6.07 Å². The number of anilines is 1. The number of carbonyl (C=O) groups is 1. The van der Waals surface area contributed by atoms with Gasteiger partial charge in [-0.25, -0.2) is 9.78 Å². The largest absolute Gasteiger partial charge is 0.329 e. The Bertz CT molecular complexity index is 1260. The molecule has 0 saturated carbocycles. The molecule has 0 aliphatic heterocycles. The number of carbonyl (C=O) groups excluding carboxylic acids is 1. The topological polar surface area (TPSA) is 115 Å². The molecule has 4 aromatic rings. The van der Waals surface area contributed by atoms with Crippen LogP contribution in [0.1, 0.15) is 0 Å². The Morgan fingerprint density at radius 1 is 1.19 bits per heavy atom. The van der Waals surface area contributed by atoms with Crippen molar-refractivity contribution in [3.05, 3.63) is 63.7 Å². The maximum atomic E-state index is 12.5. The number of rotatable bonds is 3. The predicted octanol–water partition coefficient (Wildman–Crippen LogP) is 0.610. The summed E-state index contributed by atoms with van der Waals surface area (Å²) in [6.45, 7) is -0.117. The summed E-state index contributed by atoms with van der Waals surface area (Å²) >= 11 is 0. The molecular weight excluding hydrogens is 336 g/mol. The van der Waals surface area contributed by atoms with E-state index in [0.717, 1.165) is 15.5 Å². The number of H-pyrrole nitrogens is 1. The van der Waals surface area contributed by atoms with E-state index in [-0.39, 0.29) is 23.6 Å². The first-order valence-electron chi connectivity index (χ1n) is 7.82. The highest BCUT2D eigenvalue weighted by molar-refractivity contribution is 6.01. The quantitative estimate of drug-likeness (QED) is 0.562. The molecule has 0 radical (unpaired) electrons. The Morgan fingerprint density at radius 3 is 2.88 bits per heavy atom. The van der Waals surface area contributed by atoms with Gasteiger partial charge in [-0.3, -0.25) is 24.1 Å². The predicted molar refractivity (Wildman–Crippen MR) is 96.0 cm³/mol. The molecule has 9 heteroatoms. The van der Waals surface area contributed by atoms with Crippen LogP contribution in [-0.2, 0) is 18.4 Å². The van der Waals surface area contributed by atoms with E-state index < -0.39 is 11.2 Å². The van der Waals surface area contributed by atoms with Gasteiger partial charge in [0.15, 0.2) is 11.2 Å². The van der Waals surface area contributed by atoms with E-state index in [0.29, 0.717) is 5.69 Å². The molecule has 0 bridgehead atoms. The molecule has 26 heavy (non-hydrogen) atoms. The molecule has 3 heterocycles. The van der Waals surface area contributed by atoms with Crippen LogP contribution in [0.25, 0.3) is 22.1 Å². The number of fused-ring (bicyclic) bond motifs is 2. The second-order valence-corrected chi connectivity index (χ2v) is 5.79. The number of aromatic amines is 1. The number of hydrogen-bond donors (Lipinski definition) is 2. The molecule has 0 aliphatic rings. The van der Waals surface area contributed by atoms with E-state index in [4.69, 9.17) is 0 Å². The van der Waals surface area contributed by atoms with Crippen LogP contribution in [0.5, 0.6) is 0 Å². The summed E-state index contributed by atoms with van der Waals surface area (Å²) in [5.41, 5.74) is 0.655. The number of hydrogen-bond acceptors (Lipinski definition) is 5. The third kappa shape index (κ3) is 2.55. The van der Waals surface area contributed by atoms with Crippen LogP contribution in [0.3, 0.4) is 0 Å². The minimum absolute atomic E-state index is 0.117. The molecule has 4 rings (SSSR count). The number of nitrogens with zero attached hydrogens (tertiary/aromatic N) is 4. The van der Waals surface area contributed by atoms with Gasteiger partial charge in [0.05, 0.1) is 17.5 Å². The van der Waals surface area contributed by atoms with Crippen molar-refractivity contribution in [2.24, 2.45) is 7.05 Å². The fourth-order valence-corrected chi connectivity index (χ4v) is 2.81. The monoisotopic (exact) mass is 350 g/mol. The van der Waals surface area contributed by atoms with Crippen LogP contribution in [0, 0.1) is 0 Å². The number of imidazole rings is 1. The summed E-state index contributed by atoms with van der Waals surface area (Å²) in [6, 6.07) is 9.10. The van der Waals surface area contributed by atoms with Gasteiger partial charge >= 0.3 is 5.69 Å². The van der Waals surface area contributed by atoms with Crippen molar-refractivity contribution in [1.82, 2.24) is 24.1 Å². The van der Waals surface area contributed by atoms with Crippen molar-refractivity contribution in [2.45, 2.75) is 6.54 Å². The van der Waals surface area contributed by atoms with Gasteiger partial charge in [-0.05, 0) is 24.3 Å². The van der Waals surface area contributed by atoms with Crippen LogP contribution in [0.2, 0.25) is 0 Å². The van der Waals surface area contributed by atoms with Crippen LogP contribution >= 0.6 is 0 Å². The molecule has 0 aliphatic carbocycles. The molecule has 1 aromatic carbocycles. The van der Waals surface area contributed by atoms with Crippen molar-refractivity contribution < 1.29 is 4.79 Å². The second kappa shape index (κ2) is 5.96. The molecule has 0 unspecified atom stereocenters. The fourth-order valence-electron chi connectivity index (χ4n) is 2.81. The Kier molecular flexibility index (Phi) is 3.61. The van der Waals surface area contributed by atoms with Gasteiger partial charge in [0.25, 0.3) is 5.56 Å². The minimum Gasteiger partial charge on any atom is -0.324 e. The van der Waals surface area contributed by atoms with Gasteiger partial charge in [0.2, 0.25) is 5.91 Å². The SMILES string of the molecule is Cn1c(=O)[nH]c2ncn(CC(=O)Nc3cccc4ncccc34)c2c1=O. The third-order valence-electron chi connectivity index (χ3n) is 4.11. The smallest absolute Gasteiger partial charge is 0.324 e. The molecule has 3 aromatic heterocycles. The van der Waals surface area contributed by atoms with Crippen molar-refractivity contribution >= 4 is 33.7 Å². The van der Waals surface area contributed by atoms with Crippen molar-refractivity contribution in [1.29, 1.82) is 0 Å². The zero-order chi connectivity index (χ0) is 18.3. The average Bonchev–Trinajstić information content (AvgIpc) is 3.02. The first-order chi connectivity index (χ1) is 12.5. The number of aromatic nitrogens is 5. The van der Waals surface area contributed by atoms with Gasteiger partial charge in [-0.2, -0.15) is 0 Å². The Hall–Kier alpha value is -3.75. The number of pyridine rings is 1. The van der Waals surface area contributed by atoms with Crippen LogP contribution in [0.4, 0.5) is 5.69 Å². The summed E-state index contributed by atoms with van der Waals surface area (Å²) in [6.07, 6.45) is 3.04. The zero-order valence-corrected chi connectivity index (χ0v) is 13.8. The highest BCUT2D eigenvalue weighted by Crippen LogP contribution is 2.21. The van der Waals surface area contributed by atoms with E-state index in [2.05, 4.69) is 20.3 Å². The lowest BCUT2D eigenvalue weighted by Gasteiger charge is -2.09. The van der Waals surface area contributed by atoms with E-state index in [9.17, 15) is 14.4 Å². The molecule has 9 nitrogen and oxygen atoms in total. The normalized spacial score (nSPS) is 11.1. The lowest BCUT2D eigenvalue weighted by atomic mass is 10.2. The maximum absolute atomic E-state index is 12.5. The summed E-state index contributed by atoms with van der Waals surface area (Å²) in [7, 11) is 1.36.